The molecule has 98 valence electrons. The van der Waals surface area contributed by atoms with E-state index in [9.17, 15) is 18.0 Å². The van der Waals surface area contributed by atoms with Gasteiger partial charge in [-0.2, -0.15) is 13.2 Å². The standard InChI is InChI=1S/C12H13F3N2O/c1-7(18)17-3-2-10-8(6-17)4-9(16)5-11(10)12(13,14)15/h4-5H,2-3,6,16H2,1H3. The minimum atomic E-state index is -4.40. The van der Waals surface area contributed by atoms with Gasteiger partial charge in [0.1, 0.15) is 0 Å². The van der Waals surface area contributed by atoms with Gasteiger partial charge in [0.25, 0.3) is 0 Å². The zero-order chi connectivity index (χ0) is 13.5. The lowest BCUT2D eigenvalue weighted by atomic mass is 9.93. The number of alkyl halides is 3. The zero-order valence-electron chi connectivity index (χ0n) is 9.84. The van der Waals surface area contributed by atoms with E-state index in [1.54, 1.807) is 0 Å². The highest BCUT2D eigenvalue weighted by molar-refractivity contribution is 5.73. The minimum absolute atomic E-state index is 0.0754. The first-order chi connectivity index (χ1) is 8.29. The summed E-state index contributed by atoms with van der Waals surface area (Å²) < 4.78 is 38.6. The summed E-state index contributed by atoms with van der Waals surface area (Å²) in [5.41, 5.74) is 5.64. The molecule has 0 aromatic heterocycles. The van der Waals surface area contributed by atoms with Crippen molar-refractivity contribution in [3.63, 3.8) is 0 Å². The van der Waals surface area contributed by atoms with Crippen LogP contribution >= 0.6 is 0 Å². The Morgan fingerprint density at radius 1 is 1.39 bits per heavy atom. The summed E-state index contributed by atoms with van der Waals surface area (Å²) in [6, 6.07) is 2.47. The normalized spacial score (nSPS) is 15.4. The Bertz CT molecular complexity index is 497. The molecule has 0 fully saturated rings. The Hall–Kier alpha value is -1.72. The Kier molecular flexibility index (Phi) is 2.96. The fourth-order valence-corrected chi connectivity index (χ4v) is 2.25. The predicted molar refractivity (Wildman–Crippen MR) is 60.7 cm³/mol. The SMILES string of the molecule is CC(=O)N1CCc2c(cc(N)cc2C(F)(F)F)C1. The number of rotatable bonds is 0. The maximum absolute atomic E-state index is 12.9. The average Bonchev–Trinajstić information content (AvgIpc) is 2.25. The van der Waals surface area contributed by atoms with Crippen molar-refractivity contribution in [3.8, 4) is 0 Å². The summed E-state index contributed by atoms with van der Waals surface area (Å²) in [6.07, 6.45) is -4.19. The van der Waals surface area contributed by atoms with E-state index < -0.39 is 11.7 Å². The van der Waals surface area contributed by atoms with Crippen LogP contribution in [0.25, 0.3) is 0 Å². The number of hydrogen-bond donors (Lipinski definition) is 1. The van der Waals surface area contributed by atoms with E-state index in [4.69, 9.17) is 5.73 Å². The van der Waals surface area contributed by atoms with Crippen molar-refractivity contribution in [1.82, 2.24) is 4.90 Å². The van der Waals surface area contributed by atoms with Crippen LogP contribution < -0.4 is 5.73 Å². The molecule has 3 nitrogen and oxygen atoms in total. The van der Waals surface area contributed by atoms with Gasteiger partial charge < -0.3 is 10.6 Å². The number of amides is 1. The van der Waals surface area contributed by atoms with E-state index >= 15 is 0 Å². The number of nitrogens with zero attached hydrogens (tertiary/aromatic N) is 1. The lowest BCUT2D eigenvalue weighted by Gasteiger charge is -2.30. The van der Waals surface area contributed by atoms with Crippen LogP contribution in [0.1, 0.15) is 23.6 Å². The third-order valence-electron chi connectivity index (χ3n) is 3.11. The van der Waals surface area contributed by atoms with Gasteiger partial charge in [-0.05, 0) is 29.7 Å². The summed E-state index contributed by atoms with van der Waals surface area (Å²) >= 11 is 0. The smallest absolute Gasteiger partial charge is 0.399 e. The summed E-state index contributed by atoms with van der Waals surface area (Å²) in [6.45, 7) is 1.91. The molecule has 0 aliphatic carbocycles. The number of carbonyl (C=O) groups is 1. The van der Waals surface area contributed by atoms with Gasteiger partial charge in [-0.1, -0.05) is 0 Å². The molecule has 0 unspecified atom stereocenters. The molecule has 18 heavy (non-hydrogen) atoms. The molecule has 1 aliphatic heterocycles. The Balaban J connectivity index is 2.47. The maximum Gasteiger partial charge on any atom is 0.416 e. The molecule has 0 radical (unpaired) electrons. The molecule has 1 amide bonds. The lowest BCUT2D eigenvalue weighted by Crippen LogP contribution is -2.35. The van der Waals surface area contributed by atoms with Crippen LogP contribution in [0.4, 0.5) is 18.9 Å². The number of anilines is 1. The molecule has 0 spiro atoms. The van der Waals surface area contributed by atoms with Gasteiger partial charge in [-0.15, -0.1) is 0 Å². The van der Waals surface area contributed by atoms with Crippen LogP contribution in [0.5, 0.6) is 0 Å². The third-order valence-corrected chi connectivity index (χ3v) is 3.11. The van der Waals surface area contributed by atoms with Crippen molar-refractivity contribution in [2.45, 2.75) is 26.1 Å². The number of halogens is 3. The van der Waals surface area contributed by atoms with E-state index in [1.807, 2.05) is 0 Å². The van der Waals surface area contributed by atoms with Crippen molar-refractivity contribution in [2.24, 2.45) is 0 Å². The van der Waals surface area contributed by atoms with E-state index in [1.165, 1.54) is 17.9 Å². The van der Waals surface area contributed by atoms with Crippen molar-refractivity contribution >= 4 is 11.6 Å². The molecule has 2 rings (SSSR count). The number of hydrogen-bond acceptors (Lipinski definition) is 2. The van der Waals surface area contributed by atoms with E-state index in [-0.39, 0.29) is 30.1 Å². The monoisotopic (exact) mass is 258 g/mol. The molecule has 1 heterocycles. The number of fused-ring (bicyclic) bond motifs is 1. The van der Waals surface area contributed by atoms with Gasteiger partial charge in [-0.3, -0.25) is 4.79 Å². The molecule has 2 N–H and O–H groups in total. The van der Waals surface area contributed by atoms with E-state index in [2.05, 4.69) is 0 Å². The number of nitrogen functional groups attached to an aromatic ring is 1. The fourth-order valence-electron chi connectivity index (χ4n) is 2.25. The molecule has 0 saturated carbocycles. The molecular weight excluding hydrogens is 245 g/mol. The summed E-state index contributed by atoms with van der Waals surface area (Å²) in [4.78, 5) is 12.8. The first-order valence-corrected chi connectivity index (χ1v) is 5.53. The van der Waals surface area contributed by atoms with Crippen molar-refractivity contribution < 1.29 is 18.0 Å². The molecule has 1 aliphatic rings. The highest BCUT2D eigenvalue weighted by atomic mass is 19.4. The van der Waals surface area contributed by atoms with Gasteiger partial charge >= 0.3 is 6.18 Å². The van der Waals surface area contributed by atoms with Gasteiger partial charge in [-0.25, -0.2) is 0 Å². The fraction of sp³-hybridized carbons (Fsp3) is 0.417. The second-order valence-corrected chi connectivity index (χ2v) is 4.39. The number of benzene rings is 1. The number of carbonyl (C=O) groups excluding carboxylic acids is 1. The minimum Gasteiger partial charge on any atom is -0.399 e. The van der Waals surface area contributed by atoms with Crippen LogP contribution in [0.3, 0.4) is 0 Å². The summed E-state index contributed by atoms with van der Waals surface area (Å²) in [5.74, 6) is -0.142. The Labute approximate surface area is 102 Å². The van der Waals surface area contributed by atoms with Crippen LogP contribution in [-0.4, -0.2) is 17.4 Å². The molecular formula is C12H13F3N2O. The molecule has 6 heteroatoms. The van der Waals surface area contributed by atoms with Crippen molar-refractivity contribution in [3.05, 3.63) is 28.8 Å². The molecule has 1 aromatic rings. The van der Waals surface area contributed by atoms with E-state index in [0.717, 1.165) is 6.07 Å². The predicted octanol–water partition coefficient (Wildman–Crippen LogP) is 2.19. The molecule has 1 aromatic carbocycles. The van der Waals surface area contributed by atoms with Crippen molar-refractivity contribution in [1.29, 1.82) is 0 Å². The van der Waals surface area contributed by atoms with Crippen LogP contribution in [0, 0.1) is 0 Å². The Morgan fingerprint density at radius 2 is 2.06 bits per heavy atom. The maximum atomic E-state index is 12.9. The second-order valence-electron chi connectivity index (χ2n) is 4.39. The first kappa shape index (κ1) is 12.7. The lowest BCUT2D eigenvalue weighted by molar-refractivity contribution is -0.138. The molecule has 0 saturated heterocycles. The van der Waals surface area contributed by atoms with Crippen LogP contribution in [0.2, 0.25) is 0 Å². The first-order valence-electron chi connectivity index (χ1n) is 5.53. The van der Waals surface area contributed by atoms with Gasteiger partial charge in [0, 0.05) is 25.7 Å². The molecule has 0 bridgehead atoms. The third kappa shape index (κ3) is 2.27. The second kappa shape index (κ2) is 4.19. The summed E-state index contributed by atoms with van der Waals surface area (Å²) in [5, 5.41) is 0. The average molecular weight is 258 g/mol. The topological polar surface area (TPSA) is 46.3 Å². The van der Waals surface area contributed by atoms with Gasteiger partial charge in [0.05, 0.1) is 5.56 Å². The highest BCUT2D eigenvalue weighted by Crippen LogP contribution is 2.37. The van der Waals surface area contributed by atoms with Crippen molar-refractivity contribution in [2.75, 3.05) is 12.3 Å². The summed E-state index contributed by atoms with van der Waals surface area (Å²) in [7, 11) is 0. The largest absolute Gasteiger partial charge is 0.416 e. The van der Waals surface area contributed by atoms with Gasteiger partial charge in [0.15, 0.2) is 0 Å². The van der Waals surface area contributed by atoms with Crippen LogP contribution in [-0.2, 0) is 23.9 Å². The highest BCUT2D eigenvalue weighted by Gasteiger charge is 2.36. The molecule has 0 atom stereocenters. The van der Waals surface area contributed by atoms with E-state index in [0.29, 0.717) is 12.1 Å². The van der Waals surface area contributed by atoms with Crippen LogP contribution in [0.15, 0.2) is 12.1 Å². The Morgan fingerprint density at radius 3 is 2.61 bits per heavy atom. The zero-order valence-corrected chi connectivity index (χ0v) is 9.84. The van der Waals surface area contributed by atoms with Gasteiger partial charge in [0.2, 0.25) is 5.91 Å². The quantitative estimate of drug-likeness (QED) is 0.725. The number of nitrogens with two attached hydrogens (primary N) is 1.